The second-order valence-electron chi connectivity index (χ2n) is 5.89. The van der Waals surface area contributed by atoms with E-state index in [9.17, 15) is 10.1 Å². The molecule has 0 N–H and O–H groups in total. The summed E-state index contributed by atoms with van der Waals surface area (Å²) in [6.07, 6.45) is 1.31. The van der Waals surface area contributed by atoms with Crippen molar-refractivity contribution < 1.29 is 14.2 Å². The first-order chi connectivity index (χ1) is 12.1. The average Bonchev–Trinajstić information content (AvgIpc) is 3.03. The number of nitrogens with zero attached hydrogens (tertiary/aromatic N) is 6. The van der Waals surface area contributed by atoms with Gasteiger partial charge in [-0.15, -0.1) is 0 Å². The molecule has 134 valence electrons. The second-order valence-corrected chi connectivity index (χ2v) is 5.89. The Morgan fingerprint density at radius 1 is 1.36 bits per heavy atom. The third-order valence-corrected chi connectivity index (χ3v) is 4.06. The van der Waals surface area contributed by atoms with Crippen molar-refractivity contribution in [2.24, 2.45) is 0 Å². The standard InChI is InChI=1S/C15H20N6O4/c1-11-7-12(21(22)23)8-16-15(11)20-5-3-19(4-6-20)9-14-17-13(10-24-2)18-25-14/h7-8H,3-6,9-10H2,1-2H3. The number of aryl methyl sites for hydroxylation is 1. The van der Waals surface area contributed by atoms with Crippen molar-refractivity contribution >= 4 is 11.5 Å². The molecule has 3 heterocycles. The minimum Gasteiger partial charge on any atom is -0.377 e. The Morgan fingerprint density at radius 3 is 2.76 bits per heavy atom. The number of hydrogen-bond acceptors (Lipinski definition) is 9. The lowest BCUT2D eigenvalue weighted by Gasteiger charge is -2.35. The van der Waals surface area contributed by atoms with E-state index in [0.29, 0.717) is 24.9 Å². The van der Waals surface area contributed by atoms with Gasteiger partial charge in [-0.25, -0.2) is 4.98 Å². The summed E-state index contributed by atoms with van der Waals surface area (Å²) in [4.78, 5) is 23.3. The molecule has 2 aromatic rings. The lowest BCUT2D eigenvalue weighted by atomic mass is 10.2. The molecule has 0 radical (unpaired) electrons. The maximum absolute atomic E-state index is 10.8. The van der Waals surface area contributed by atoms with E-state index in [-0.39, 0.29) is 5.69 Å². The molecular weight excluding hydrogens is 328 g/mol. The molecule has 0 unspecified atom stereocenters. The van der Waals surface area contributed by atoms with Crippen LogP contribution in [0.3, 0.4) is 0 Å². The van der Waals surface area contributed by atoms with Crippen molar-refractivity contribution in [3.8, 4) is 0 Å². The normalized spacial score (nSPS) is 15.5. The van der Waals surface area contributed by atoms with Gasteiger partial charge in [0.15, 0.2) is 5.82 Å². The molecule has 25 heavy (non-hydrogen) atoms. The highest BCUT2D eigenvalue weighted by molar-refractivity contribution is 5.50. The van der Waals surface area contributed by atoms with E-state index in [1.165, 1.54) is 6.20 Å². The first-order valence-electron chi connectivity index (χ1n) is 7.95. The topological polar surface area (TPSA) is 111 Å². The van der Waals surface area contributed by atoms with Crippen molar-refractivity contribution in [3.05, 3.63) is 39.7 Å². The Balaban J connectivity index is 1.57. The van der Waals surface area contributed by atoms with E-state index in [4.69, 9.17) is 9.26 Å². The Hall–Kier alpha value is -2.59. The van der Waals surface area contributed by atoms with Gasteiger partial charge in [-0.3, -0.25) is 15.0 Å². The van der Waals surface area contributed by atoms with Crippen LogP contribution >= 0.6 is 0 Å². The number of anilines is 1. The summed E-state index contributed by atoms with van der Waals surface area (Å²) in [6.45, 7) is 5.98. The SMILES string of the molecule is COCc1noc(CN2CCN(c3ncc([N+](=O)[O-])cc3C)CC2)n1. The molecule has 3 rings (SSSR count). The lowest BCUT2D eigenvalue weighted by Crippen LogP contribution is -2.46. The highest BCUT2D eigenvalue weighted by Gasteiger charge is 2.22. The minimum atomic E-state index is -0.427. The average molecular weight is 348 g/mol. The van der Waals surface area contributed by atoms with Gasteiger partial charge in [-0.1, -0.05) is 5.16 Å². The van der Waals surface area contributed by atoms with E-state index >= 15 is 0 Å². The van der Waals surface area contributed by atoms with E-state index in [1.54, 1.807) is 13.2 Å². The zero-order chi connectivity index (χ0) is 17.8. The predicted octanol–water partition coefficient (Wildman–Crippen LogP) is 1.15. The Morgan fingerprint density at radius 2 is 2.12 bits per heavy atom. The summed E-state index contributed by atoms with van der Waals surface area (Å²) in [7, 11) is 1.59. The predicted molar refractivity (Wildman–Crippen MR) is 88.1 cm³/mol. The number of pyridine rings is 1. The van der Waals surface area contributed by atoms with Crippen molar-refractivity contribution in [1.29, 1.82) is 0 Å². The number of rotatable bonds is 6. The van der Waals surface area contributed by atoms with Crippen molar-refractivity contribution in [2.45, 2.75) is 20.1 Å². The molecule has 0 aliphatic carbocycles. The molecule has 1 saturated heterocycles. The smallest absolute Gasteiger partial charge is 0.287 e. The van der Waals surface area contributed by atoms with Gasteiger partial charge in [0.25, 0.3) is 5.69 Å². The number of piperazine rings is 1. The molecule has 10 nitrogen and oxygen atoms in total. The fourth-order valence-corrected chi connectivity index (χ4v) is 2.83. The fourth-order valence-electron chi connectivity index (χ4n) is 2.83. The highest BCUT2D eigenvalue weighted by Crippen LogP contribution is 2.23. The molecule has 10 heteroatoms. The Kier molecular flexibility index (Phi) is 5.19. The van der Waals surface area contributed by atoms with Crippen molar-refractivity contribution in [3.63, 3.8) is 0 Å². The second kappa shape index (κ2) is 7.53. The molecular formula is C15H20N6O4. The van der Waals surface area contributed by atoms with Crippen LogP contribution in [0.15, 0.2) is 16.8 Å². The minimum absolute atomic E-state index is 0.0168. The largest absolute Gasteiger partial charge is 0.377 e. The zero-order valence-electron chi connectivity index (χ0n) is 14.2. The molecule has 2 aromatic heterocycles. The van der Waals surface area contributed by atoms with Gasteiger partial charge in [-0.05, 0) is 12.5 Å². The van der Waals surface area contributed by atoms with Gasteiger partial charge in [-0.2, -0.15) is 4.98 Å². The first kappa shape index (κ1) is 17.2. The molecule has 0 atom stereocenters. The van der Waals surface area contributed by atoms with Crippen LogP contribution in [0.4, 0.5) is 11.5 Å². The number of nitro groups is 1. The molecule has 0 spiro atoms. The fraction of sp³-hybridized carbons (Fsp3) is 0.533. The van der Waals surface area contributed by atoms with Crippen LogP contribution in [0.1, 0.15) is 17.3 Å². The third kappa shape index (κ3) is 4.09. The van der Waals surface area contributed by atoms with Crippen LogP contribution in [-0.2, 0) is 17.9 Å². The Bertz CT molecular complexity index is 741. The molecule has 0 aromatic carbocycles. The summed E-state index contributed by atoms with van der Waals surface area (Å²) >= 11 is 0. The van der Waals surface area contributed by atoms with Crippen LogP contribution in [-0.4, -0.2) is 58.2 Å². The van der Waals surface area contributed by atoms with Crippen molar-refractivity contribution in [2.75, 3.05) is 38.2 Å². The van der Waals surface area contributed by atoms with E-state index in [1.807, 2.05) is 6.92 Å². The van der Waals surface area contributed by atoms with Crippen LogP contribution in [0.5, 0.6) is 0 Å². The van der Waals surface area contributed by atoms with E-state index in [0.717, 1.165) is 37.6 Å². The number of ether oxygens (including phenoxy) is 1. The molecule has 1 aliphatic rings. The summed E-state index contributed by atoms with van der Waals surface area (Å²) < 4.78 is 10.2. The zero-order valence-corrected chi connectivity index (χ0v) is 14.2. The van der Waals surface area contributed by atoms with Crippen LogP contribution < -0.4 is 4.90 Å². The monoisotopic (exact) mass is 348 g/mol. The first-order valence-corrected chi connectivity index (χ1v) is 7.95. The van der Waals surface area contributed by atoms with Crippen LogP contribution in [0.2, 0.25) is 0 Å². The number of hydrogen-bond donors (Lipinski definition) is 0. The van der Waals surface area contributed by atoms with Crippen LogP contribution in [0.25, 0.3) is 0 Å². The maximum atomic E-state index is 10.8. The molecule has 0 bridgehead atoms. The van der Waals surface area contributed by atoms with Gasteiger partial charge in [0, 0.05) is 39.4 Å². The molecule has 0 saturated carbocycles. The lowest BCUT2D eigenvalue weighted by molar-refractivity contribution is -0.385. The van der Waals surface area contributed by atoms with Gasteiger partial charge in [0.05, 0.1) is 11.5 Å². The van der Waals surface area contributed by atoms with Gasteiger partial charge >= 0.3 is 0 Å². The van der Waals surface area contributed by atoms with Gasteiger partial charge in [0.1, 0.15) is 18.6 Å². The van der Waals surface area contributed by atoms with E-state index in [2.05, 4.69) is 24.9 Å². The summed E-state index contributed by atoms with van der Waals surface area (Å²) in [5.74, 6) is 1.91. The molecule has 1 fully saturated rings. The van der Waals surface area contributed by atoms with E-state index < -0.39 is 4.92 Å². The third-order valence-electron chi connectivity index (χ3n) is 4.06. The number of methoxy groups -OCH3 is 1. The highest BCUT2D eigenvalue weighted by atomic mass is 16.6. The van der Waals surface area contributed by atoms with Crippen LogP contribution in [0, 0.1) is 17.0 Å². The summed E-state index contributed by atoms with van der Waals surface area (Å²) in [5.41, 5.74) is 0.826. The summed E-state index contributed by atoms with van der Waals surface area (Å²) in [6, 6.07) is 1.56. The molecule has 0 amide bonds. The Labute approximate surface area is 144 Å². The van der Waals surface area contributed by atoms with Gasteiger partial charge < -0.3 is 14.2 Å². The molecule has 1 aliphatic heterocycles. The quantitative estimate of drug-likeness (QED) is 0.560. The van der Waals surface area contributed by atoms with Gasteiger partial charge in [0.2, 0.25) is 5.89 Å². The number of aromatic nitrogens is 3. The van der Waals surface area contributed by atoms with Crippen molar-refractivity contribution in [1.82, 2.24) is 20.0 Å². The maximum Gasteiger partial charge on any atom is 0.287 e. The summed E-state index contributed by atoms with van der Waals surface area (Å²) in [5, 5.41) is 14.7.